The van der Waals surface area contributed by atoms with E-state index in [1.165, 1.54) is 7.11 Å². The number of rotatable bonds is 4. The maximum absolute atomic E-state index is 12.4. The number of aromatic nitrogens is 1. The van der Waals surface area contributed by atoms with E-state index < -0.39 is 12.1 Å². The Morgan fingerprint density at radius 1 is 1.25 bits per heavy atom. The molecule has 0 saturated heterocycles. The van der Waals surface area contributed by atoms with Crippen molar-refractivity contribution in [3.05, 3.63) is 59.6 Å². The normalized spacial score (nSPS) is 15.6. The molecule has 0 radical (unpaired) electrons. The van der Waals surface area contributed by atoms with Gasteiger partial charge in [-0.25, -0.2) is 4.79 Å². The number of nitrogens with zero attached hydrogens (tertiary/aromatic N) is 1. The average Bonchev–Trinajstić information content (AvgIpc) is 2.90. The molecule has 0 saturated carbocycles. The molecule has 1 atom stereocenters. The molecule has 1 aliphatic heterocycles. The minimum absolute atomic E-state index is 0.200. The Morgan fingerprint density at radius 2 is 2.00 bits per heavy atom. The maximum Gasteiger partial charge on any atom is 0.346 e. The number of benzene rings is 1. The van der Waals surface area contributed by atoms with Crippen LogP contribution in [0.2, 0.25) is 0 Å². The van der Waals surface area contributed by atoms with Crippen LogP contribution in [0.3, 0.4) is 0 Å². The lowest BCUT2D eigenvalue weighted by atomic mass is 10.1. The standard InChI is InChI=1S/C18H15NO5/c1-11(18(21)22-2)23-13-3-4-14-15(10-13)24-16(17(14)20)9-12-5-7-19-8-6-12/h3-11H,1-2H3. The van der Waals surface area contributed by atoms with Crippen LogP contribution in [0.4, 0.5) is 0 Å². The maximum atomic E-state index is 12.4. The highest BCUT2D eigenvalue weighted by molar-refractivity contribution is 6.14. The third kappa shape index (κ3) is 3.12. The zero-order valence-corrected chi connectivity index (χ0v) is 13.2. The van der Waals surface area contributed by atoms with Crippen molar-refractivity contribution in [1.82, 2.24) is 4.98 Å². The molecule has 122 valence electrons. The fourth-order valence-corrected chi connectivity index (χ4v) is 2.27. The predicted octanol–water partition coefficient (Wildman–Crippen LogP) is 2.64. The van der Waals surface area contributed by atoms with Crippen LogP contribution in [0, 0.1) is 0 Å². The molecule has 0 bridgehead atoms. The van der Waals surface area contributed by atoms with Gasteiger partial charge >= 0.3 is 5.97 Å². The van der Waals surface area contributed by atoms with E-state index in [0.717, 1.165) is 5.56 Å². The van der Waals surface area contributed by atoms with Crippen molar-refractivity contribution in [3.8, 4) is 11.5 Å². The van der Waals surface area contributed by atoms with E-state index in [2.05, 4.69) is 9.72 Å². The van der Waals surface area contributed by atoms with Crippen LogP contribution < -0.4 is 9.47 Å². The van der Waals surface area contributed by atoms with E-state index in [9.17, 15) is 9.59 Å². The molecule has 3 rings (SSSR count). The molecule has 1 aromatic carbocycles. The number of hydrogen-bond acceptors (Lipinski definition) is 6. The van der Waals surface area contributed by atoms with Gasteiger partial charge in [0.05, 0.1) is 12.7 Å². The minimum Gasteiger partial charge on any atom is -0.479 e. The van der Waals surface area contributed by atoms with Crippen molar-refractivity contribution in [1.29, 1.82) is 0 Å². The number of esters is 1. The zero-order chi connectivity index (χ0) is 17.1. The van der Waals surface area contributed by atoms with Crippen molar-refractivity contribution < 1.29 is 23.8 Å². The lowest BCUT2D eigenvalue weighted by Gasteiger charge is -2.12. The van der Waals surface area contributed by atoms with E-state index in [-0.39, 0.29) is 11.5 Å². The first-order valence-electron chi connectivity index (χ1n) is 7.31. The third-order valence-corrected chi connectivity index (χ3v) is 3.49. The number of Topliss-reactive ketones (excluding diaryl/α,β-unsaturated/α-hetero) is 1. The van der Waals surface area contributed by atoms with E-state index in [4.69, 9.17) is 9.47 Å². The SMILES string of the molecule is COC(=O)C(C)Oc1ccc2c(c1)OC(=Cc1ccncc1)C2=O. The summed E-state index contributed by atoms with van der Waals surface area (Å²) in [5.41, 5.74) is 1.27. The molecular weight excluding hydrogens is 310 g/mol. The molecule has 0 fully saturated rings. The molecule has 1 aromatic heterocycles. The summed E-state index contributed by atoms with van der Waals surface area (Å²) < 4.78 is 15.7. The van der Waals surface area contributed by atoms with E-state index in [1.54, 1.807) is 55.7 Å². The van der Waals surface area contributed by atoms with E-state index >= 15 is 0 Å². The van der Waals surface area contributed by atoms with Crippen molar-refractivity contribution in [2.45, 2.75) is 13.0 Å². The Balaban J connectivity index is 1.82. The highest BCUT2D eigenvalue weighted by atomic mass is 16.6. The van der Waals surface area contributed by atoms with Gasteiger partial charge in [-0.15, -0.1) is 0 Å². The van der Waals surface area contributed by atoms with Crippen molar-refractivity contribution >= 4 is 17.8 Å². The van der Waals surface area contributed by atoms with E-state index in [1.807, 2.05) is 0 Å². The number of ether oxygens (including phenoxy) is 3. The molecule has 0 spiro atoms. The Labute approximate surface area is 138 Å². The smallest absolute Gasteiger partial charge is 0.346 e. The fourth-order valence-electron chi connectivity index (χ4n) is 2.27. The van der Waals surface area contributed by atoms with Crippen molar-refractivity contribution in [3.63, 3.8) is 0 Å². The lowest BCUT2D eigenvalue weighted by molar-refractivity contribution is -0.147. The van der Waals surface area contributed by atoms with Crippen LogP contribution in [-0.2, 0) is 9.53 Å². The predicted molar refractivity (Wildman–Crippen MR) is 85.7 cm³/mol. The number of hydrogen-bond donors (Lipinski definition) is 0. The molecule has 1 unspecified atom stereocenters. The second-order valence-electron chi connectivity index (χ2n) is 5.16. The Kier molecular flexibility index (Phi) is 4.29. The van der Waals surface area contributed by atoms with Crippen LogP contribution in [-0.4, -0.2) is 30.0 Å². The van der Waals surface area contributed by atoms with Crippen LogP contribution in [0.1, 0.15) is 22.8 Å². The Morgan fingerprint density at radius 3 is 2.71 bits per heavy atom. The third-order valence-electron chi connectivity index (χ3n) is 3.49. The summed E-state index contributed by atoms with van der Waals surface area (Å²) in [4.78, 5) is 27.7. The highest BCUT2D eigenvalue weighted by Gasteiger charge is 2.28. The van der Waals surface area contributed by atoms with Crippen LogP contribution in [0.25, 0.3) is 6.08 Å². The van der Waals surface area contributed by atoms with Gasteiger partial charge in [0.1, 0.15) is 11.5 Å². The molecule has 1 aliphatic rings. The van der Waals surface area contributed by atoms with Gasteiger partial charge < -0.3 is 14.2 Å². The first kappa shape index (κ1) is 15.7. The second-order valence-corrected chi connectivity index (χ2v) is 5.16. The van der Waals surface area contributed by atoms with Crippen molar-refractivity contribution in [2.24, 2.45) is 0 Å². The number of carbonyl (C=O) groups excluding carboxylic acids is 2. The molecule has 0 N–H and O–H groups in total. The Bertz CT molecular complexity index is 813. The summed E-state index contributed by atoms with van der Waals surface area (Å²) in [5, 5.41) is 0. The van der Waals surface area contributed by atoms with Crippen molar-refractivity contribution in [2.75, 3.05) is 7.11 Å². The van der Waals surface area contributed by atoms with Gasteiger partial charge in [0.2, 0.25) is 5.78 Å². The van der Waals surface area contributed by atoms with Gasteiger partial charge in [0.15, 0.2) is 11.9 Å². The quantitative estimate of drug-likeness (QED) is 0.635. The summed E-state index contributed by atoms with van der Waals surface area (Å²) in [7, 11) is 1.29. The lowest BCUT2D eigenvalue weighted by Crippen LogP contribution is -2.24. The van der Waals surface area contributed by atoms with Gasteiger partial charge in [-0.2, -0.15) is 0 Å². The number of fused-ring (bicyclic) bond motifs is 1. The summed E-state index contributed by atoms with van der Waals surface area (Å²) in [6.07, 6.45) is 4.18. The molecule has 2 heterocycles. The molecule has 24 heavy (non-hydrogen) atoms. The summed E-state index contributed by atoms with van der Waals surface area (Å²) in [6, 6.07) is 8.37. The average molecular weight is 325 g/mol. The Hall–Kier alpha value is -3.15. The molecular formula is C18H15NO5. The zero-order valence-electron chi connectivity index (χ0n) is 13.2. The van der Waals surface area contributed by atoms with E-state index in [0.29, 0.717) is 17.1 Å². The fraction of sp³-hybridized carbons (Fsp3) is 0.167. The van der Waals surface area contributed by atoms with Crippen LogP contribution >= 0.6 is 0 Å². The van der Waals surface area contributed by atoms with Crippen LogP contribution in [0.15, 0.2) is 48.5 Å². The number of carbonyl (C=O) groups is 2. The molecule has 0 amide bonds. The number of ketones is 1. The van der Waals surface area contributed by atoms with Gasteiger partial charge in [-0.3, -0.25) is 9.78 Å². The topological polar surface area (TPSA) is 74.7 Å². The molecule has 0 aliphatic carbocycles. The second kappa shape index (κ2) is 6.54. The minimum atomic E-state index is -0.753. The van der Waals surface area contributed by atoms with Gasteiger partial charge in [0, 0.05) is 18.5 Å². The summed E-state index contributed by atoms with van der Waals surface area (Å²) >= 11 is 0. The monoisotopic (exact) mass is 325 g/mol. The van der Waals surface area contributed by atoms with Gasteiger partial charge in [-0.1, -0.05) is 0 Å². The molecule has 6 heteroatoms. The summed E-state index contributed by atoms with van der Waals surface area (Å²) in [5.74, 6) is 0.369. The highest BCUT2D eigenvalue weighted by Crippen LogP contribution is 2.35. The molecule has 6 nitrogen and oxygen atoms in total. The largest absolute Gasteiger partial charge is 0.479 e. The van der Waals surface area contributed by atoms with Gasteiger partial charge in [0.25, 0.3) is 0 Å². The number of pyridine rings is 1. The first-order valence-corrected chi connectivity index (χ1v) is 7.31. The first-order chi connectivity index (χ1) is 11.6. The number of methoxy groups -OCH3 is 1. The molecule has 2 aromatic rings. The summed E-state index contributed by atoms with van der Waals surface area (Å²) in [6.45, 7) is 1.58. The van der Waals surface area contributed by atoms with Gasteiger partial charge in [-0.05, 0) is 42.8 Å². The van der Waals surface area contributed by atoms with Crippen LogP contribution in [0.5, 0.6) is 11.5 Å². The number of allylic oxidation sites excluding steroid dienone is 1.